The number of likely N-dealkylation sites (tertiary alicyclic amines) is 1. The zero-order chi connectivity index (χ0) is 21.1. The lowest BCUT2D eigenvalue weighted by Gasteiger charge is -2.37. The number of hydrogen-bond donors (Lipinski definition) is 1. The number of benzene rings is 1. The van der Waals surface area contributed by atoms with Crippen LogP contribution in [0.25, 0.3) is 11.1 Å². The van der Waals surface area contributed by atoms with Crippen LogP contribution in [0.3, 0.4) is 0 Å². The molecule has 2 fully saturated rings. The summed E-state index contributed by atoms with van der Waals surface area (Å²) in [7, 11) is 2.03. The van der Waals surface area contributed by atoms with Gasteiger partial charge in [0.05, 0.1) is 30.9 Å². The summed E-state index contributed by atoms with van der Waals surface area (Å²) in [5.41, 5.74) is 0.795. The summed E-state index contributed by atoms with van der Waals surface area (Å²) < 4.78 is 6.89. The van der Waals surface area contributed by atoms with E-state index in [9.17, 15) is 14.7 Å². The Morgan fingerprint density at radius 2 is 1.77 bits per heavy atom. The third-order valence-electron chi connectivity index (χ3n) is 6.12. The second kappa shape index (κ2) is 8.71. The Bertz CT molecular complexity index is 943. The molecule has 1 amide bonds. The van der Waals surface area contributed by atoms with Crippen molar-refractivity contribution in [3.8, 4) is 11.1 Å². The molecule has 2 aliphatic heterocycles. The molecule has 2 saturated heterocycles. The number of rotatable bonds is 4. The average Bonchev–Trinajstić information content (AvgIpc) is 2.78. The van der Waals surface area contributed by atoms with Crippen LogP contribution in [0.4, 0.5) is 0 Å². The van der Waals surface area contributed by atoms with Crippen molar-refractivity contribution in [1.29, 1.82) is 0 Å². The number of hydrogen-bond acceptors (Lipinski definition) is 5. The van der Waals surface area contributed by atoms with Gasteiger partial charge in [-0.15, -0.1) is 0 Å². The number of pyridine rings is 1. The molecule has 1 N–H and O–H groups in total. The fourth-order valence-electron chi connectivity index (χ4n) is 4.17. The average molecular weight is 412 g/mol. The molecule has 7 nitrogen and oxygen atoms in total. The number of carbonyl (C=O) groups is 1. The van der Waals surface area contributed by atoms with E-state index in [4.69, 9.17) is 4.74 Å². The molecule has 0 bridgehead atoms. The van der Waals surface area contributed by atoms with Crippen molar-refractivity contribution in [1.82, 2.24) is 14.4 Å². The highest BCUT2D eigenvalue weighted by atomic mass is 16.5. The molecular formula is C23H29N3O4. The maximum Gasteiger partial charge on any atom is 0.256 e. The zero-order valence-corrected chi connectivity index (χ0v) is 17.4. The van der Waals surface area contributed by atoms with Crippen LogP contribution in [-0.4, -0.2) is 77.4 Å². The SMILES string of the molecule is CN1CCC(O)(Cn2cc(C(=O)N3CCOCC3)c(-c3ccccc3)cc2=O)CC1. The molecule has 0 aliphatic carbocycles. The van der Waals surface area contributed by atoms with Crippen molar-refractivity contribution < 1.29 is 14.6 Å². The van der Waals surface area contributed by atoms with Gasteiger partial charge in [-0.1, -0.05) is 30.3 Å². The number of ether oxygens (including phenoxy) is 1. The fourth-order valence-corrected chi connectivity index (χ4v) is 4.17. The third kappa shape index (κ3) is 4.48. The monoisotopic (exact) mass is 411 g/mol. The first-order valence-electron chi connectivity index (χ1n) is 10.5. The Labute approximate surface area is 176 Å². The van der Waals surface area contributed by atoms with Crippen molar-refractivity contribution in [2.75, 3.05) is 46.4 Å². The second-order valence-corrected chi connectivity index (χ2v) is 8.37. The number of carbonyl (C=O) groups excluding carboxylic acids is 1. The minimum atomic E-state index is -0.941. The van der Waals surface area contributed by atoms with Gasteiger partial charge in [0.2, 0.25) is 0 Å². The zero-order valence-electron chi connectivity index (χ0n) is 17.4. The van der Waals surface area contributed by atoms with Gasteiger partial charge in [-0.2, -0.15) is 0 Å². The second-order valence-electron chi connectivity index (χ2n) is 8.37. The highest BCUT2D eigenvalue weighted by molar-refractivity contribution is 6.00. The van der Waals surface area contributed by atoms with Gasteiger partial charge in [-0.05, 0) is 25.5 Å². The van der Waals surface area contributed by atoms with Gasteiger partial charge in [-0.3, -0.25) is 9.59 Å². The lowest BCUT2D eigenvalue weighted by Crippen LogP contribution is -2.47. The minimum absolute atomic E-state index is 0.110. The van der Waals surface area contributed by atoms with E-state index in [2.05, 4.69) is 4.90 Å². The molecule has 4 rings (SSSR count). The summed E-state index contributed by atoms with van der Waals surface area (Å²) in [6, 6.07) is 11.0. The number of aromatic nitrogens is 1. The summed E-state index contributed by atoms with van der Waals surface area (Å²) in [6.45, 7) is 3.85. The van der Waals surface area contributed by atoms with Crippen molar-refractivity contribution in [2.45, 2.75) is 25.0 Å². The van der Waals surface area contributed by atoms with E-state index in [-0.39, 0.29) is 18.0 Å². The molecule has 0 atom stereocenters. The number of aliphatic hydroxyl groups is 1. The normalized spacial score (nSPS) is 19.6. The highest BCUT2D eigenvalue weighted by Crippen LogP contribution is 2.26. The predicted molar refractivity (Wildman–Crippen MR) is 115 cm³/mol. The molecule has 2 aliphatic rings. The molecule has 160 valence electrons. The Morgan fingerprint density at radius 3 is 2.43 bits per heavy atom. The maximum absolute atomic E-state index is 13.4. The van der Waals surface area contributed by atoms with Gasteiger partial charge in [0.25, 0.3) is 11.5 Å². The smallest absolute Gasteiger partial charge is 0.256 e. The van der Waals surface area contributed by atoms with Gasteiger partial charge in [0.1, 0.15) is 0 Å². The molecule has 0 spiro atoms. The lowest BCUT2D eigenvalue weighted by atomic mass is 9.91. The van der Waals surface area contributed by atoms with E-state index < -0.39 is 5.60 Å². The summed E-state index contributed by atoms with van der Waals surface area (Å²) in [4.78, 5) is 30.2. The number of piperidine rings is 1. The van der Waals surface area contributed by atoms with Crippen LogP contribution in [0.2, 0.25) is 0 Å². The first kappa shape index (κ1) is 20.8. The van der Waals surface area contributed by atoms with Gasteiger partial charge in [0, 0.05) is 44.0 Å². The van der Waals surface area contributed by atoms with E-state index >= 15 is 0 Å². The first-order chi connectivity index (χ1) is 14.5. The molecule has 0 saturated carbocycles. The van der Waals surface area contributed by atoms with Gasteiger partial charge < -0.3 is 24.2 Å². The minimum Gasteiger partial charge on any atom is -0.388 e. The van der Waals surface area contributed by atoms with Crippen molar-refractivity contribution in [2.24, 2.45) is 0 Å². The van der Waals surface area contributed by atoms with Crippen LogP contribution in [0, 0.1) is 0 Å². The Morgan fingerprint density at radius 1 is 1.10 bits per heavy atom. The van der Waals surface area contributed by atoms with Crippen molar-refractivity contribution in [3.63, 3.8) is 0 Å². The van der Waals surface area contributed by atoms with Gasteiger partial charge >= 0.3 is 0 Å². The summed E-state index contributed by atoms with van der Waals surface area (Å²) in [5.74, 6) is -0.110. The van der Waals surface area contributed by atoms with E-state index in [0.29, 0.717) is 50.3 Å². The van der Waals surface area contributed by atoms with Gasteiger partial charge in [0.15, 0.2) is 0 Å². The molecule has 0 radical (unpaired) electrons. The van der Waals surface area contributed by atoms with E-state index in [0.717, 1.165) is 18.7 Å². The Balaban J connectivity index is 1.72. The fraction of sp³-hybridized carbons (Fsp3) is 0.478. The van der Waals surface area contributed by atoms with Crippen molar-refractivity contribution >= 4 is 5.91 Å². The predicted octanol–water partition coefficient (Wildman–Crippen LogP) is 1.44. The summed E-state index contributed by atoms with van der Waals surface area (Å²) >= 11 is 0. The molecule has 3 heterocycles. The topological polar surface area (TPSA) is 75.0 Å². The Kier molecular flexibility index (Phi) is 6.04. The van der Waals surface area contributed by atoms with Crippen LogP contribution in [-0.2, 0) is 11.3 Å². The standard InChI is InChI=1S/C23H29N3O4/c1-24-9-7-23(29,8-10-24)17-26-16-20(22(28)25-11-13-30-14-12-25)19(15-21(26)27)18-5-3-2-4-6-18/h2-6,15-16,29H,7-14,17H2,1H3. The largest absolute Gasteiger partial charge is 0.388 e. The van der Waals surface area contributed by atoms with Crippen LogP contribution in [0.15, 0.2) is 47.4 Å². The molecule has 1 aromatic carbocycles. The number of nitrogens with zero attached hydrogens (tertiary/aromatic N) is 3. The highest BCUT2D eigenvalue weighted by Gasteiger charge is 2.32. The molecule has 1 aromatic heterocycles. The molecule has 2 aromatic rings. The van der Waals surface area contributed by atoms with Crippen LogP contribution in [0.5, 0.6) is 0 Å². The van der Waals surface area contributed by atoms with E-state index in [1.165, 1.54) is 10.6 Å². The summed E-state index contributed by atoms with van der Waals surface area (Å²) in [5, 5.41) is 11.0. The molecule has 30 heavy (non-hydrogen) atoms. The van der Waals surface area contributed by atoms with Crippen molar-refractivity contribution in [3.05, 3.63) is 58.5 Å². The summed E-state index contributed by atoms with van der Waals surface area (Å²) in [6.07, 6.45) is 2.84. The number of morpholine rings is 1. The van der Waals surface area contributed by atoms with Crippen LogP contribution in [0.1, 0.15) is 23.2 Å². The van der Waals surface area contributed by atoms with E-state index in [1.807, 2.05) is 37.4 Å². The Hall–Kier alpha value is -2.48. The number of amides is 1. The van der Waals surface area contributed by atoms with Gasteiger partial charge in [-0.25, -0.2) is 0 Å². The maximum atomic E-state index is 13.4. The molecular weight excluding hydrogens is 382 g/mol. The molecule has 7 heteroatoms. The third-order valence-corrected chi connectivity index (χ3v) is 6.12. The van der Waals surface area contributed by atoms with Crippen LogP contribution < -0.4 is 5.56 Å². The molecule has 0 unspecified atom stereocenters. The van der Waals surface area contributed by atoms with Crippen LogP contribution >= 0.6 is 0 Å². The first-order valence-corrected chi connectivity index (χ1v) is 10.5. The quantitative estimate of drug-likeness (QED) is 0.824. The van der Waals surface area contributed by atoms with E-state index in [1.54, 1.807) is 11.1 Å². The lowest BCUT2D eigenvalue weighted by molar-refractivity contribution is -0.0298.